The standard InChI is InChI=1S/C14H18N2/c1-9-4-3-5-13-14(9)11-8-10(15-2)6-7-12(11)16-13/h3-5,10,15-16H,6-8H2,1-2H3. The molecule has 1 aliphatic rings. The predicted molar refractivity (Wildman–Crippen MR) is 67.9 cm³/mol. The topological polar surface area (TPSA) is 27.8 Å². The number of benzene rings is 1. The number of likely N-dealkylation sites (N-methyl/N-ethyl adjacent to an activating group) is 1. The highest BCUT2D eigenvalue weighted by atomic mass is 14.9. The molecule has 3 rings (SSSR count). The number of hydrogen-bond donors (Lipinski definition) is 2. The fourth-order valence-electron chi connectivity index (χ4n) is 2.91. The molecule has 0 saturated carbocycles. The summed E-state index contributed by atoms with van der Waals surface area (Å²) in [6.45, 7) is 2.21. The van der Waals surface area contributed by atoms with Crippen LogP contribution in [-0.2, 0) is 12.8 Å². The van der Waals surface area contributed by atoms with Gasteiger partial charge in [0.25, 0.3) is 0 Å². The highest BCUT2D eigenvalue weighted by Crippen LogP contribution is 2.31. The van der Waals surface area contributed by atoms with Crippen molar-refractivity contribution in [2.45, 2.75) is 32.2 Å². The molecule has 1 unspecified atom stereocenters. The maximum atomic E-state index is 3.57. The molecule has 0 saturated heterocycles. The molecule has 0 fully saturated rings. The van der Waals surface area contributed by atoms with Crippen LogP contribution in [0.25, 0.3) is 10.9 Å². The van der Waals surface area contributed by atoms with Gasteiger partial charge in [0.05, 0.1) is 0 Å². The monoisotopic (exact) mass is 214 g/mol. The third-order valence-corrected chi connectivity index (χ3v) is 3.83. The zero-order chi connectivity index (χ0) is 11.1. The SMILES string of the molecule is CNC1CCc2[nH]c3cccc(C)c3c2C1. The van der Waals surface area contributed by atoms with Gasteiger partial charge in [-0.2, -0.15) is 0 Å². The van der Waals surface area contributed by atoms with Gasteiger partial charge in [-0.3, -0.25) is 0 Å². The summed E-state index contributed by atoms with van der Waals surface area (Å²) in [4.78, 5) is 3.57. The van der Waals surface area contributed by atoms with E-state index in [4.69, 9.17) is 0 Å². The summed E-state index contributed by atoms with van der Waals surface area (Å²) in [5, 5.41) is 4.86. The molecule has 0 amide bonds. The molecule has 2 aromatic rings. The van der Waals surface area contributed by atoms with Crippen molar-refractivity contribution in [2.24, 2.45) is 0 Å². The summed E-state index contributed by atoms with van der Waals surface area (Å²) in [5.74, 6) is 0. The van der Waals surface area contributed by atoms with Crippen molar-refractivity contribution in [1.82, 2.24) is 10.3 Å². The van der Waals surface area contributed by atoms with E-state index in [0.717, 1.165) is 6.42 Å². The molecular formula is C14H18N2. The van der Waals surface area contributed by atoms with Gasteiger partial charge >= 0.3 is 0 Å². The van der Waals surface area contributed by atoms with Crippen molar-refractivity contribution >= 4 is 10.9 Å². The van der Waals surface area contributed by atoms with E-state index in [2.05, 4.69) is 42.5 Å². The average molecular weight is 214 g/mol. The molecule has 1 aliphatic carbocycles. The number of aromatic amines is 1. The molecule has 1 heterocycles. The fourth-order valence-corrected chi connectivity index (χ4v) is 2.91. The van der Waals surface area contributed by atoms with Gasteiger partial charge in [0.15, 0.2) is 0 Å². The molecule has 1 atom stereocenters. The summed E-state index contributed by atoms with van der Waals surface area (Å²) in [6.07, 6.45) is 3.58. The normalized spacial score (nSPS) is 20.0. The molecule has 0 bridgehead atoms. The third kappa shape index (κ3) is 1.37. The molecule has 2 heteroatoms. The van der Waals surface area contributed by atoms with Gasteiger partial charge in [-0.1, -0.05) is 12.1 Å². The summed E-state index contributed by atoms with van der Waals surface area (Å²) >= 11 is 0. The highest BCUT2D eigenvalue weighted by Gasteiger charge is 2.21. The first-order valence-electron chi connectivity index (χ1n) is 6.06. The van der Waals surface area contributed by atoms with Crippen LogP contribution in [0.1, 0.15) is 23.2 Å². The fraction of sp³-hybridized carbons (Fsp3) is 0.429. The summed E-state index contributed by atoms with van der Waals surface area (Å²) < 4.78 is 0. The number of aromatic nitrogens is 1. The van der Waals surface area contributed by atoms with Crippen LogP contribution in [0.5, 0.6) is 0 Å². The van der Waals surface area contributed by atoms with Crippen LogP contribution in [0.3, 0.4) is 0 Å². The van der Waals surface area contributed by atoms with Crippen molar-refractivity contribution in [1.29, 1.82) is 0 Å². The van der Waals surface area contributed by atoms with Crippen LogP contribution in [-0.4, -0.2) is 18.1 Å². The lowest BCUT2D eigenvalue weighted by Gasteiger charge is -2.22. The maximum absolute atomic E-state index is 3.57. The smallest absolute Gasteiger partial charge is 0.0461 e. The van der Waals surface area contributed by atoms with Crippen molar-refractivity contribution < 1.29 is 0 Å². The van der Waals surface area contributed by atoms with Crippen LogP contribution in [0.4, 0.5) is 0 Å². The van der Waals surface area contributed by atoms with Gasteiger partial charge < -0.3 is 10.3 Å². The minimum atomic E-state index is 0.645. The van der Waals surface area contributed by atoms with E-state index in [9.17, 15) is 0 Å². The lowest BCUT2D eigenvalue weighted by Crippen LogP contribution is -2.31. The third-order valence-electron chi connectivity index (χ3n) is 3.83. The van der Waals surface area contributed by atoms with Crippen LogP contribution in [0.15, 0.2) is 18.2 Å². The second-order valence-corrected chi connectivity index (χ2v) is 4.81. The number of nitrogens with one attached hydrogen (secondary N) is 2. The number of aryl methyl sites for hydroxylation is 2. The van der Waals surface area contributed by atoms with Crippen molar-refractivity contribution in [3.05, 3.63) is 35.0 Å². The molecule has 1 aromatic heterocycles. The van der Waals surface area contributed by atoms with E-state index in [0.29, 0.717) is 6.04 Å². The Morgan fingerprint density at radius 2 is 2.25 bits per heavy atom. The Labute approximate surface area is 96.1 Å². The first kappa shape index (κ1) is 9.91. The molecule has 2 N–H and O–H groups in total. The minimum Gasteiger partial charge on any atom is -0.358 e. The van der Waals surface area contributed by atoms with Gasteiger partial charge in [-0.15, -0.1) is 0 Å². The van der Waals surface area contributed by atoms with Crippen LogP contribution < -0.4 is 5.32 Å². The lowest BCUT2D eigenvalue weighted by molar-refractivity contribution is 0.495. The summed E-state index contributed by atoms with van der Waals surface area (Å²) in [7, 11) is 2.07. The summed E-state index contributed by atoms with van der Waals surface area (Å²) in [5.41, 5.74) is 5.70. The Bertz CT molecular complexity index is 525. The van der Waals surface area contributed by atoms with Crippen LogP contribution >= 0.6 is 0 Å². The first-order chi connectivity index (χ1) is 7.79. The Morgan fingerprint density at radius 1 is 1.38 bits per heavy atom. The van der Waals surface area contributed by atoms with E-state index in [1.165, 1.54) is 35.0 Å². The molecule has 16 heavy (non-hydrogen) atoms. The van der Waals surface area contributed by atoms with Crippen molar-refractivity contribution in [2.75, 3.05) is 7.05 Å². The largest absolute Gasteiger partial charge is 0.358 e. The van der Waals surface area contributed by atoms with Gasteiger partial charge in [0, 0.05) is 22.6 Å². The van der Waals surface area contributed by atoms with Gasteiger partial charge in [0.1, 0.15) is 0 Å². The first-order valence-corrected chi connectivity index (χ1v) is 6.06. The van der Waals surface area contributed by atoms with E-state index >= 15 is 0 Å². The Morgan fingerprint density at radius 3 is 3.06 bits per heavy atom. The quantitative estimate of drug-likeness (QED) is 0.750. The second kappa shape index (κ2) is 3.63. The zero-order valence-corrected chi connectivity index (χ0v) is 9.93. The summed E-state index contributed by atoms with van der Waals surface area (Å²) in [6, 6.07) is 7.18. The maximum Gasteiger partial charge on any atom is 0.0461 e. The van der Waals surface area contributed by atoms with Crippen molar-refractivity contribution in [3.63, 3.8) is 0 Å². The average Bonchev–Trinajstić information content (AvgIpc) is 2.67. The zero-order valence-electron chi connectivity index (χ0n) is 9.93. The molecule has 0 radical (unpaired) electrons. The number of fused-ring (bicyclic) bond motifs is 3. The lowest BCUT2D eigenvalue weighted by atomic mass is 9.90. The number of hydrogen-bond acceptors (Lipinski definition) is 1. The molecule has 84 valence electrons. The van der Waals surface area contributed by atoms with Crippen LogP contribution in [0, 0.1) is 6.92 Å². The second-order valence-electron chi connectivity index (χ2n) is 4.81. The Hall–Kier alpha value is -1.28. The van der Waals surface area contributed by atoms with Gasteiger partial charge in [-0.25, -0.2) is 0 Å². The van der Waals surface area contributed by atoms with E-state index < -0.39 is 0 Å². The van der Waals surface area contributed by atoms with Gasteiger partial charge in [0.2, 0.25) is 0 Å². The Balaban J connectivity index is 2.19. The number of H-pyrrole nitrogens is 1. The predicted octanol–water partition coefficient (Wildman–Crippen LogP) is 2.55. The van der Waals surface area contributed by atoms with Crippen LogP contribution in [0.2, 0.25) is 0 Å². The highest BCUT2D eigenvalue weighted by molar-refractivity contribution is 5.88. The van der Waals surface area contributed by atoms with Crippen molar-refractivity contribution in [3.8, 4) is 0 Å². The Kier molecular flexibility index (Phi) is 2.25. The molecule has 2 nitrogen and oxygen atoms in total. The number of rotatable bonds is 1. The van der Waals surface area contributed by atoms with E-state index in [-0.39, 0.29) is 0 Å². The molecule has 0 spiro atoms. The minimum absolute atomic E-state index is 0.645. The van der Waals surface area contributed by atoms with E-state index in [1.54, 1.807) is 5.56 Å². The molecular weight excluding hydrogens is 196 g/mol. The molecule has 1 aromatic carbocycles. The van der Waals surface area contributed by atoms with Gasteiger partial charge in [-0.05, 0) is 50.4 Å². The molecule has 0 aliphatic heterocycles. The van der Waals surface area contributed by atoms with E-state index in [1.807, 2.05) is 0 Å².